The smallest absolute Gasteiger partial charge is 0.311 e. The van der Waals surface area contributed by atoms with Crippen molar-refractivity contribution in [3.05, 3.63) is 24.6 Å². The molecule has 0 saturated carbocycles. The fraction of sp³-hybridized carbons (Fsp3) is 0.333. The van der Waals surface area contributed by atoms with Crippen LogP contribution in [0, 0.1) is 5.92 Å². The molecule has 0 bridgehead atoms. The molecule has 4 nitrogen and oxygen atoms in total. The minimum absolute atomic E-state index is 0.224. The normalized spacial score (nSPS) is 10.9. The fourth-order valence-electron chi connectivity index (χ4n) is 1.41. The van der Waals surface area contributed by atoms with E-state index < -0.39 is 0 Å². The molecule has 1 heterocycles. The summed E-state index contributed by atoms with van der Waals surface area (Å²) < 4.78 is 10.3. The third-order valence-corrected chi connectivity index (χ3v) is 2.11. The maximum Gasteiger partial charge on any atom is 0.311 e. The highest BCUT2D eigenvalue weighted by molar-refractivity contribution is 5.77. The molecule has 0 amide bonds. The Balaban J connectivity index is 2.11. The molecule has 0 spiro atoms. The van der Waals surface area contributed by atoms with Crippen LogP contribution in [0.2, 0.25) is 0 Å². The van der Waals surface area contributed by atoms with E-state index >= 15 is 0 Å². The van der Waals surface area contributed by atoms with Crippen molar-refractivity contribution in [1.82, 2.24) is 4.98 Å². The van der Waals surface area contributed by atoms with Crippen molar-refractivity contribution in [2.45, 2.75) is 20.3 Å². The number of aromatic nitrogens is 1. The molecule has 0 aliphatic heterocycles. The highest BCUT2D eigenvalue weighted by Crippen LogP contribution is 2.20. The third kappa shape index (κ3) is 2.39. The van der Waals surface area contributed by atoms with Gasteiger partial charge in [-0.3, -0.25) is 4.79 Å². The molecule has 0 saturated heterocycles. The first-order valence-electron chi connectivity index (χ1n) is 5.19. The van der Waals surface area contributed by atoms with Gasteiger partial charge < -0.3 is 9.15 Å². The van der Waals surface area contributed by atoms with Gasteiger partial charge in [-0.25, -0.2) is 4.98 Å². The second-order valence-electron chi connectivity index (χ2n) is 4.05. The van der Waals surface area contributed by atoms with E-state index in [1.165, 1.54) is 6.39 Å². The Morgan fingerprint density at radius 2 is 2.31 bits per heavy atom. The van der Waals surface area contributed by atoms with E-state index in [1.807, 2.05) is 13.8 Å². The molecule has 1 aromatic carbocycles. The van der Waals surface area contributed by atoms with Crippen LogP contribution in [0.5, 0.6) is 5.75 Å². The molecule has 2 rings (SSSR count). The highest BCUT2D eigenvalue weighted by atomic mass is 16.5. The molecular formula is C12H13NO3. The molecule has 0 radical (unpaired) electrons. The van der Waals surface area contributed by atoms with Crippen molar-refractivity contribution in [3.8, 4) is 5.75 Å². The monoisotopic (exact) mass is 219 g/mol. The second kappa shape index (κ2) is 4.35. The van der Waals surface area contributed by atoms with Crippen LogP contribution in [0.25, 0.3) is 11.1 Å². The van der Waals surface area contributed by atoms with E-state index in [0.29, 0.717) is 29.2 Å². The molecule has 84 valence electrons. The number of esters is 1. The lowest BCUT2D eigenvalue weighted by atomic mass is 10.1. The van der Waals surface area contributed by atoms with Crippen molar-refractivity contribution in [2.24, 2.45) is 5.92 Å². The van der Waals surface area contributed by atoms with Gasteiger partial charge in [0.1, 0.15) is 11.3 Å². The van der Waals surface area contributed by atoms with Crippen LogP contribution in [0.3, 0.4) is 0 Å². The first kappa shape index (κ1) is 10.7. The second-order valence-corrected chi connectivity index (χ2v) is 4.05. The average Bonchev–Trinajstić information content (AvgIpc) is 2.63. The van der Waals surface area contributed by atoms with Crippen molar-refractivity contribution in [1.29, 1.82) is 0 Å². The summed E-state index contributed by atoms with van der Waals surface area (Å²) in [6.07, 6.45) is 1.78. The number of rotatable bonds is 3. The quantitative estimate of drug-likeness (QED) is 0.588. The molecule has 2 aromatic rings. The Kier molecular flexibility index (Phi) is 2.90. The van der Waals surface area contributed by atoms with Crippen LogP contribution in [-0.4, -0.2) is 11.0 Å². The Labute approximate surface area is 93.2 Å². The van der Waals surface area contributed by atoms with Crippen LogP contribution < -0.4 is 4.74 Å². The summed E-state index contributed by atoms with van der Waals surface area (Å²) in [5, 5.41) is 0. The van der Waals surface area contributed by atoms with E-state index in [4.69, 9.17) is 9.15 Å². The standard InChI is InChI=1S/C12H13NO3/c1-8(2)5-12(14)16-9-3-4-11-10(6-9)13-7-15-11/h3-4,6-8H,5H2,1-2H3. The summed E-state index contributed by atoms with van der Waals surface area (Å²) >= 11 is 0. The predicted octanol–water partition coefficient (Wildman–Crippen LogP) is 2.78. The van der Waals surface area contributed by atoms with Gasteiger partial charge in [-0.1, -0.05) is 13.8 Å². The number of nitrogens with zero attached hydrogens (tertiary/aromatic N) is 1. The van der Waals surface area contributed by atoms with Crippen molar-refractivity contribution in [3.63, 3.8) is 0 Å². The highest BCUT2D eigenvalue weighted by Gasteiger charge is 2.08. The molecule has 4 heteroatoms. The molecule has 0 aliphatic rings. The van der Waals surface area contributed by atoms with Crippen molar-refractivity contribution >= 4 is 17.1 Å². The number of oxazole rings is 1. The minimum Gasteiger partial charge on any atom is -0.443 e. The number of benzene rings is 1. The van der Waals surface area contributed by atoms with E-state index in [9.17, 15) is 4.79 Å². The maximum absolute atomic E-state index is 11.4. The molecule has 0 unspecified atom stereocenters. The molecule has 0 N–H and O–H groups in total. The van der Waals surface area contributed by atoms with Crippen LogP contribution in [0.4, 0.5) is 0 Å². The lowest BCUT2D eigenvalue weighted by Gasteiger charge is -2.05. The molecule has 1 aromatic heterocycles. The largest absolute Gasteiger partial charge is 0.443 e. The van der Waals surface area contributed by atoms with E-state index in [-0.39, 0.29) is 5.97 Å². The first-order chi connectivity index (χ1) is 7.65. The average molecular weight is 219 g/mol. The van der Waals surface area contributed by atoms with Crippen molar-refractivity contribution < 1.29 is 13.9 Å². The fourth-order valence-corrected chi connectivity index (χ4v) is 1.41. The molecule has 16 heavy (non-hydrogen) atoms. The van der Waals surface area contributed by atoms with Crippen LogP contribution in [0.15, 0.2) is 29.0 Å². The van der Waals surface area contributed by atoms with Gasteiger partial charge in [0.2, 0.25) is 0 Å². The van der Waals surface area contributed by atoms with Gasteiger partial charge in [-0.05, 0) is 18.1 Å². The zero-order valence-corrected chi connectivity index (χ0v) is 9.27. The Hall–Kier alpha value is -1.84. The Morgan fingerprint density at radius 1 is 1.50 bits per heavy atom. The lowest BCUT2D eigenvalue weighted by Crippen LogP contribution is -2.10. The van der Waals surface area contributed by atoms with E-state index in [1.54, 1.807) is 18.2 Å². The number of ether oxygens (including phenoxy) is 1. The number of carbonyl (C=O) groups is 1. The van der Waals surface area contributed by atoms with E-state index in [0.717, 1.165) is 0 Å². The van der Waals surface area contributed by atoms with Crippen LogP contribution >= 0.6 is 0 Å². The van der Waals surface area contributed by atoms with Gasteiger partial charge in [0.25, 0.3) is 0 Å². The van der Waals surface area contributed by atoms with Gasteiger partial charge in [0, 0.05) is 12.5 Å². The Morgan fingerprint density at radius 3 is 3.06 bits per heavy atom. The number of fused-ring (bicyclic) bond motifs is 1. The lowest BCUT2D eigenvalue weighted by molar-refractivity contribution is -0.135. The number of hydrogen-bond acceptors (Lipinski definition) is 4. The summed E-state index contributed by atoms with van der Waals surface area (Å²) in [5.74, 6) is 0.577. The number of carbonyl (C=O) groups excluding carboxylic acids is 1. The zero-order chi connectivity index (χ0) is 11.5. The third-order valence-electron chi connectivity index (χ3n) is 2.11. The summed E-state index contributed by atoms with van der Waals surface area (Å²) in [6, 6.07) is 5.13. The maximum atomic E-state index is 11.4. The molecular weight excluding hydrogens is 206 g/mol. The van der Waals surface area contributed by atoms with Gasteiger partial charge in [0.15, 0.2) is 12.0 Å². The van der Waals surface area contributed by atoms with Crippen LogP contribution in [0.1, 0.15) is 20.3 Å². The first-order valence-corrected chi connectivity index (χ1v) is 5.19. The predicted molar refractivity (Wildman–Crippen MR) is 59.1 cm³/mol. The van der Waals surface area contributed by atoms with Crippen LogP contribution in [-0.2, 0) is 4.79 Å². The van der Waals surface area contributed by atoms with Gasteiger partial charge >= 0.3 is 5.97 Å². The summed E-state index contributed by atoms with van der Waals surface area (Å²) in [6.45, 7) is 3.95. The summed E-state index contributed by atoms with van der Waals surface area (Å²) in [4.78, 5) is 15.4. The molecule has 0 fully saturated rings. The topological polar surface area (TPSA) is 52.3 Å². The van der Waals surface area contributed by atoms with Gasteiger partial charge in [-0.15, -0.1) is 0 Å². The minimum atomic E-state index is -0.224. The Bertz CT molecular complexity index is 502. The number of hydrogen-bond donors (Lipinski definition) is 0. The summed E-state index contributed by atoms with van der Waals surface area (Å²) in [5.41, 5.74) is 1.37. The summed E-state index contributed by atoms with van der Waals surface area (Å²) in [7, 11) is 0. The molecule has 0 aliphatic carbocycles. The van der Waals surface area contributed by atoms with Gasteiger partial charge in [0.05, 0.1) is 0 Å². The van der Waals surface area contributed by atoms with E-state index in [2.05, 4.69) is 4.98 Å². The van der Waals surface area contributed by atoms with Crippen molar-refractivity contribution in [2.75, 3.05) is 0 Å². The zero-order valence-electron chi connectivity index (χ0n) is 9.27. The SMILES string of the molecule is CC(C)CC(=O)Oc1ccc2ocnc2c1. The molecule has 0 atom stereocenters. The van der Waals surface area contributed by atoms with Gasteiger partial charge in [-0.2, -0.15) is 0 Å².